The smallest absolute Gasteiger partial charge is 0.411 e. The first kappa shape index (κ1) is 17.3. The maximum Gasteiger partial charge on any atom is 0.411 e. The molecule has 132 valence electrons. The minimum atomic E-state index is -0.993. The first-order valence-corrected chi connectivity index (χ1v) is 8.35. The van der Waals surface area contributed by atoms with Crippen molar-refractivity contribution in [1.82, 2.24) is 9.88 Å². The number of fused-ring (bicyclic) bond motifs is 1. The number of pyridine rings is 1. The summed E-state index contributed by atoms with van der Waals surface area (Å²) < 4.78 is 4.99. The summed E-state index contributed by atoms with van der Waals surface area (Å²) in [6.45, 7) is 4.04. The number of halogens is 1. The first-order valence-electron chi connectivity index (χ1n) is 7.92. The Labute approximate surface area is 149 Å². The van der Waals surface area contributed by atoms with Crippen LogP contribution in [0.3, 0.4) is 0 Å². The summed E-state index contributed by atoms with van der Waals surface area (Å²) >= 11 is 5.68. The SMILES string of the molecule is CC(Cl)OC(=O)N1CCN(c2ccc3cc(C(=O)O)cnc3c2)CC1. The number of carboxylic acid groups (broad SMARTS) is 1. The van der Waals surface area contributed by atoms with E-state index >= 15 is 0 Å². The summed E-state index contributed by atoms with van der Waals surface area (Å²) in [6.07, 6.45) is 0.957. The van der Waals surface area contributed by atoms with Crippen LogP contribution in [0.25, 0.3) is 10.9 Å². The summed E-state index contributed by atoms with van der Waals surface area (Å²) in [4.78, 5) is 30.9. The first-order chi connectivity index (χ1) is 11.9. The minimum Gasteiger partial charge on any atom is -0.478 e. The number of carbonyl (C=O) groups excluding carboxylic acids is 1. The van der Waals surface area contributed by atoms with Gasteiger partial charge in [-0.3, -0.25) is 4.98 Å². The standard InChI is InChI=1S/C17H18ClN3O4/c1-11(18)25-17(24)21-6-4-20(5-7-21)14-3-2-12-8-13(16(22)23)10-19-15(12)9-14/h2-3,8-11H,4-7H2,1H3,(H,22,23). The second kappa shape index (κ2) is 7.14. The van der Waals surface area contributed by atoms with Crippen LogP contribution in [0.4, 0.5) is 10.5 Å². The van der Waals surface area contributed by atoms with E-state index in [1.54, 1.807) is 17.9 Å². The van der Waals surface area contributed by atoms with E-state index in [0.717, 1.165) is 16.6 Å². The molecule has 1 aliphatic heterocycles. The van der Waals surface area contributed by atoms with Crippen LogP contribution in [-0.2, 0) is 4.74 Å². The van der Waals surface area contributed by atoms with E-state index in [4.69, 9.17) is 21.4 Å². The molecule has 0 saturated carbocycles. The van der Waals surface area contributed by atoms with Gasteiger partial charge in [-0.15, -0.1) is 0 Å². The fraction of sp³-hybridized carbons (Fsp3) is 0.353. The van der Waals surface area contributed by atoms with Crippen molar-refractivity contribution in [3.05, 3.63) is 36.0 Å². The Hall–Kier alpha value is -2.54. The van der Waals surface area contributed by atoms with Gasteiger partial charge < -0.3 is 19.6 Å². The van der Waals surface area contributed by atoms with Gasteiger partial charge in [-0.05, 0) is 25.1 Å². The molecule has 1 atom stereocenters. The Morgan fingerprint density at radius 1 is 1.24 bits per heavy atom. The molecule has 8 heteroatoms. The van der Waals surface area contributed by atoms with Gasteiger partial charge in [0.25, 0.3) is 0 Å². The van der Waals surface area contributed by atoms with Gasteiger partial charge in [-0.25, -0.2) is 9.59 Å². The summed E-state index contributed by atoms with van der Waals surface area (Å²) in [6, 6.07) is 7.33. The predicted octanol–water partition coefficient (Wildman–Crippen LogP) is 2.78. The van der Waals surface area contributed by atoms with Gasteiger partial charge in [-0.2, -0.15) is 0 Å². The quantitative estimate of drug-likeness (QED) is 0.844. The Morgan fingerprint density at radius 2 is 1.96 bits per heavy atom. The molecular formula is C17H18ClN3O4. The number of hydrogen-bond donors (Lipinski definition) is 1. The van der Waals surface area contributed by atoms with Gasteiger partial charge >= 0.3 is 12.1 Å². The molecule has 1 fully saturated rings. The zero-order valence-electron chi connectivity index (χ0n) is 13.7. The number of piperazine rings is 1. The molecule has 1 amide bonds. The van der Waals surface area contributed by atoms with E-state index in [2.05, 4.69) is 9.88 Å². The van der Waals surface area contributed by atoms with E-state index in [9.17, 15) is 9.59 Å². The van der Waals surface area contributed by atoms with Crippen molar-refractivity contribution in [2.45, 2.75) is 12.5 Å². The molecular weight excluding hydrogens is 346 g/mol. The highest BCUT2D eigenvalue weighted by atomic mass is 35.5. The molecule has 2 aromatic rings. The molecule has 1 saturated heterocycles. The number of benzene rings is 1. The maximum atomic E-state index is 11.9. The maximum absolute atomic E-state index is 11.9. The van der Waals surface area contributed by atoms with Gasteiger partial charge in [-0.1, -0.05) is 17.7 Å². The van der Waals surface area contributed by atoms with Crippen molar-refractivity contribution in [1.29, 1.82) is 0 Å². The van der Waals surface area contributed by atoms with Crippen LogP contribution in [0, 0.1) is 0 Å². The molecule has 7 nitrogen and oxygen atoms in total. The van der Waals surface area contributed by atoms with Crippen molar-refractivity contribution in [3.8, 4) is 0 Å². The lowest BCUT2D eigenvalue weighted by atomic mass is 10.1. The number of aromatic nitrogens is 1. The molecule has 1 aromatic heterocycles. The normalized spacial score (nSPS) is 15.9. The van der Waals surface area contributed by atoms with E-state index in [1.807, 2.05) is 18.2 Å². The van der Waals surface area contributed by atoms with Crippen LogP contribution in [0.2, 0.25) is 0 Å². The zero-order valence-corrected chi connectivity index (χ0v) is 14.4. The number of alkyl halides is 1. The second-order valence-corrected chi connectivity index (χ2v) is 6.42. The number of rotatable bonds is 3. The second-order valence-electron chi connectivity index (χ2n) is 5.81. The van der Waals surface area contributed by atoms with Gasteiger partial charge in [0.2, 0.25) is 0 Å². The number of amides is 1. The van der Waals surface area contributed by atoms with Crippen LogP contribution < -0.4 is 4.90 Å². The van der Waals surface area contributed by atoms with Gasteiger partial charge in [0.1, 0.15) is 0 Å². The number of carbonyl (C=O) groups is 2. The highest BCUT2D eigenvalue weighted by Crippen LogP contribution is 2.23. The third-order valence-corrected chi connectivity index (χ3v) is 4.17. The van der Waals surface area contributed by atoms with E-state index in [-0.39, 0.29) is 5.56 Å². The molecule has 0 radical (unpaired) electrons. The van der Waals surface area contributed by atoms with E-state index < -0.39 is 17.6 Å². The van der Waals surface area contributed by atoms with E-state index in [1.165, 1.54) is 6.20 Å². The highest BCUT2D eigenvalue weighted by Gasteiger charge is 2.23. The topological polar surface area (TPSA) is 83.0 Å². The number of aromatic carboxylic acids is 1. The Kier molecular flexibility index (Phi) is 4.94. The van der Waals surface area contributed by atoms with Crippen LogP contribution in [-0.4, -0.2) is 58.8 Å². The monoisotopic (exact) mass is 363 g/mol. The third kappa shape index (κ3) is 3.93. The minimum absolute atomic E-state index is 0.167. The van der Waals surface area contributed by atoms with Crippen molar-refractivity contribution in [3.63, 3.8) is 0 Å². The molecule has 1 aliphatic rings. The van der Waals surface area contributed by atoms with Gasteiger partial charge in [0.05, 0.1) is 11.1 Å². The summed E-state index contributed by atoms with van der Waals surface area (Å²) in [5.74, 6) is -0.993. The number of ether oxygens (including phenoxy) is 1. The van der Waals surface area contributed by atoms with Gasteiger partial charge in [0, 0.05) is 43.4 Å². The highest BCUT2D eigenvalue weighted by molar-refractivity contribution is 6.19. The fourth-order valence-corrected chi connectivity index (χ4v) is 2.86. The molecule has 0 bridgehead atoms. The van der Waals surface area contributed by atoms with Gasteiger partial charge in [0.15, 0.2) is 5.56 Å². The third-order valence-electron chi connectivity index (χ3n) is 4.08. The average Bonchev–Trinajstić information content (AvgIpc) is 2.60. The Bertz CT molecular complexity index is 804. The van der Waals surface area contributed by atoms with Crippen molar-refractivity contribution in [2.24, 2.45) is 0 Å². The number of carboxylic acids is 1. The molecule has 1 unspecified atom stereocenters. The largest absolute Gasteiger partial charge is 0.478 e. The number of anilines is 1. The molecule has 1 N–H and O–H groups in total. The Morgan fingerprint density at radius 3 is 2.60 bits per heavy atom. The van der Waals surface area contributed by atoms with Crippen molar-refractivity contribution >= 4 is 40.3 Å². The fourth-order valence-electron chi connectivity index (χ4n) is 2.78. The lowest BCUT2D eigenvalue weighted by Crippen LogP contribution is -2.49. The molecule has 25 heavy (non-hydrogen) atoms. The van der Waals surface area contributed by atoms with Crippen molar-refractivity contribution in [2.75, 3.05) is 31.1 Å². The Balaban J connectivity index is 1.70. The average molecular weight is 364 g/mol. The number of nitrogens with zero attached hydrogens (tertiary/aromatic N) is 3. The molecule has 1 aromatic carbocycles. The summed E-state index contributed by atoms with van der Waals surface area (Å²) in [5, 5.41) is 9.81. The predicted molar refractivity (Wildman–Crippen MR) is 94.3 cm³/mol. The molecule has 3 rings (SSSR count). The van der Waals surface area contributed by atoms with E-state index in [0.29, 0.717) is 26.2 Å². The zero-order chi connectivity index (χ0) is 18.0. The van der Waals surface area contributed by atoms with Crippen LogP contribution in [0.5, 0.6) is 0 Å². The molecule has 0 spiro atoms. The van der Waals surface area contributed by atoms with Crippen LogP contribution in [0.15, 0.2) is 30.5 Å². The van der Waals surface area contributed by atoms with Crippen LogP contribution >= 0.6 is 11.6 Å². The summed E-state index contributed by atoms with van der Waals surface area (Å²) in [5.41, 5.74) is 1.25. The lowest BCUT2D eigenvalue weighted by molar-refractivity contribution is 0.0696. The number of hydrogen-bond acceptors (Lipinski definition) is 5. The lowest BCUT2D eigenvalue weighted by Gasteiger charge is -2.35. The van der Waals surface area contributed by atoms with Crippen LogP contribution in [0.1, 0.15) is 17.3 Å². The molecule has 2 heterocycles. The molecule has 0 aliphatic carbocycles. The van der Waals surface area contributed by atoms with Crippen molar-refractivity contribution < 1.29 is 19.4 Å². The summed E-state index contributed by atoms with van der Waals surface area (Å²) in [7, 11) is 0.